The van der Waals surface area contributed by atoms with Gasteiger partial charge in [0.25, 0.3) is 0 Å². The van der Waals surface area contributed by atoms with Gasteiger partial charge >= 0.3 is 12.1 Å². The van der Waals surface area contributed by atoms with Gasteiger partial charge in [-0.1, -0.05) is 6.92 Å². The highest BCUT2D eigenvalue weighted by Gasteiger charge is 2.17. The molecule has 6 heteroatoms. The lowest BCUT2D eigenvalue weighted by molar-refractivity contribution is -0.143. The number of anilines is 1. The Morgan fingerprint density at radius 2 is 2.05 bits per heavy atom. The van der Waals surface area contributed by atoms with Crippen LogP contribution in [0.3, 0.4) is 0 Å². The van der Waals surface area contributed by atoms with Crippen molar-refractivity contribution in [2.45, 2.75) is 52.6 Å². The maximum Gasteiger partial charge on any atom is 0.413 e. The van der Waals surface area contributed by atoms with Gasteiger partial charge in [0.2, 0.25) is 0 Å². The highest BCUT2D eigenvalue weighted by molar-refractivity contribution is 5.83. The van der Waals surface area contributed by atoms with Crippen LogP contribution in [0.15, 0.2) is 18.3 Å². The van der Waals surface area contributed by atoms with Crippen LogP contribution in [0.25, 0.3) is 0 Å². The summed E-state index contributed by atoms with van der Waals surface area (Å²) in [5, 5.41) is 2.58. The molecule has 0 saturated heterocycles. The van der Waals surface area contributed by atoms with Crippen molar-refractivity contribution in [3.05, 3.63) is 23.9 Å². The van der Waals surface area contributed by atoms with Crippen LogP contribution >= 0.6 is 0 Å². The minimum atomic E-state index is -0.571. The molecule has 0 aliphatic carbocycles. The molecule has 1 unspecified atom stereocenters. The van der Waals surface area contributed by atoms with Gasteiger partial charge in [-0.2, -0.15) is 0 Å². The molecule has 6 nitrogen and oxygen atoms in total. The number of nitrogens with zero attached hydrogens (tertiary/aromatic N) is 1. The van der Waals surface area contributed by atoms with E-state index in [1.807, 2.05) is 13.0 Å². The van der Waals surface area contributed by atoms with E-state index in [1.165, 1.54) is 0 Å². The topological polar surface area (TPSA) is 77.5 Å². The van der Waals surface area contributed by atoms with E-state index in [0.29, 0.717) is 12.4 Å². The third-order valence-electron chi connectivity index (χ3n) is 2.76. The molecule has 0 aliphatic rings. The molecule has 22 heavy (non-hydrogen) atoms. The molecule has 0 spiro atoms. The summed E-state index contributed by atoms with van der Waals surface area (Å²) >= 11 is 0. The number of hydrogen-bond acceptors (Lipinski definition) is 5. The smallest absolute Gasteiger partial charge is 0.413 e. The minimum Gasteiger partial charge on any atom is -0.466 e. The minimum absolute atomic E-state index is 0.0266. The zero-order valence-electron chi connectivity index (χ0n) is 13.8. The van der Waals surface area contributed by atoms with Crippen LogP contribution in [0.5, 0.6) is 0 Å². The lowest BCUT2D eigenvalue weighted by atomic mass is 9.99. The third-order valence-corrected chi connectivity index (χ3v) is 2.76. The molecule has 1 heterocycles. The van der Waals surface area contributed by atoms with E-state index in [-0.39, 0.29) is 18.3 Å². The van der Waals surface area contributed by atoms with Crippen molar-refractivity contribution in [2.75, 3.05) is 11.9 Å². The normalized spacial score (nSPS) is 12.4. The third kappa shape index (κ3) is 6.56. The Morgan fingerprint density at radius 3 is 2.64 bits per heavy atom. The van der Waals surface area contributed by atoms with Crippen molar-refractivity contribution in [1.29, 1.82) is 0 Å². The molecular formula is C16H24N2O4. The molecular weight excluding hydrogens is 284 g/mol. The number of carbonyl (C=O) groups is 2. The maximum atomic E-state index is 11.7. The fourth-order valence-electron chi connectivity index (χ4n) is 1.82. The molecule has 0 fully saturated rings. The Bertz CT molecular complexity index is 523. The number of aromatic nitrogens is 1. The first-order valence-corrected chi connectivity index (χ1v) is 7.33. The summed E-state index contributed by atoms with van der Waals surface area (Å²) in [6.07, 6.45) is 1.31. The predicted molar refractivity (Wildman–Crippen MR) is 83.8 cm³/mol. The van der Waals surface area contributed by atoms with Gasteiger partial charge in [-0.05, 0) is 51.3 Å². The van der Waals surface area contributed by atoms with Gasteiger partial charge in [0.1, 0.15) is 11.4 Å². The lowest BCUT2D eigenvalue weighted by Crippen LogP contribution is -2.27. The number of hydrogen-bond donors (Lipinski definition) is 1. The molecule has 0 saturated carbocycles. The number of carbonyl (C=O) groups excluding carboxylic acids is 2. The van der Waals surface area contributed by atoms with E-state index in [9.17, 15) is 9.59 Å². The van der Waals surface area contributed by atoms with Crippen LogP contribution < -0.4 is 5.32 Å². The molecule has 122 valence electrons. The predicted octanol–water partition coefficient (Wildman–Crippen LogP) is 3.49. The largest absolute Gasteiger partial charge is 0.466 e. The zero-order chi connectivity index (χ0) is 16.8. The zero-order valence-corrected chi connectivity index (χ0v) is 13.8. The maximum absolute atomic E-state index is 11.7. The molecule has 1 amide bonds. The van der Waals surface area contributed by atoms with Crippen molar-refractivity contribution in [2.24, 2.45) is 0 Å². The van der Waals surface area contributed by atoms with Crippen LogP contribution in [0.4, 0.5) is 10.6 Å². The second kappa shape index (κ2) is 7.77. The second-order valence-electron chi connectivity index (χ2n) is 6.01. The summed E-state index contributed by atoms with van der Waals surface area (Å²) < 4.78 is 10.1. The standard InChI is InChI=1S/C16H24N2O4/c1-6-21-14(19)9-11(2)12-7-8-17-13(10-12)18-15(20)22-16(3,4)5/h7-8,10-11H,6,9H2,1-5H3,(H,17,18,20). The number of ether oxygens (including phenoxy) is 2. The molecule has 1 atom stereocenters. The summed E-state index contributed by atoms with van der Waals surface area (Å²) in [5.41, 5.74) is 0.327. The number of pyridine rings is 1. The molecule has 0 aliphatic heterocycles. The van der Waals surface area contributed by atoms with E-state index in [1.54, 1.807) is 40.0 Å². The molecule has 1 rings (SSSR count). The molecule has 0 aromatic carbocycles. The molecule has 1 aromatic rings. The summed E-state index contributed by atoms with van der Waals surface area (Å²) in [5.74, 6) is 0.122. The van der Waals surface area contributed by atoms with E-state index in [0.717, 1.165) is 5.56 Å². The van der Waals surface area contributed by atoms with Crippen LogP contribution in [0, 0.1) is 0 Å². The SMILES string of the molecule is CCOC(=O)CC(C)c1ccnc(NC(=O)OC(C)(C)C)c1. The highest BCUT2D eigenvalue weighted by Crippen LogP contribution is 2.21. The number of amides is 1. The van der Waals surface area contributed by atoms with E-state index in [4.69, 9.17) is 9.47 Å². The first kappa shape index (κ1) is 17.9. The Labute approximate surface area is 131 Å². The van der Waals surface area contributed by atoms with Crippen LogP contribution in [0.2, 0.25) is 0 Å². The van der Waals surface area contributed by atoms with Gasteiger partial charge in [-0.25, -0.2) is 9.78 Å². The quantitative estimate of drug-likeness (QED) is 0.842. The summed E-state index contributed by atoms with van der Waals surface area (Å²) in [6.45, 7) is 9.43. The number of nitrogens with one attached hydrogen (secondary N) is 1. The first-order valence-electron chi connectivity index (χ1n) is 7.33. The van der Waals surface area contributed by atoms with Crippen LogP contribution in [-0.4, -0.2) is 29.3 Å². The van der Waals surface area contributed by atoms with Crippen molar-refractivity contribution >= 4 is 17.9 Å². The van der Waals surface area contributed by atoms with E-state index >= 15 is 0 Å². The summed E-state index contributed by atoms with van der Waals surface area (Å²) in [6, 6.07) is 3.54. The average Bonchev–Trinajstić information content (AvgIpc) is 2.36. The average molecular weight is 308 g/mol. The summed E-state index contributed by atoms with van der Waals surface area (Å²) in [7, 11) is 0. The Morgan fingerprint density at radius 1 is 1.36 bits per heavy atom. The van der Waals surface area contributed by atoms with Gasteiger partial charge in [0, 0.05) is 6.20 Å². The molecule has 1 aromatic heterocycles. The number of rotatable bonds is 5. The van der Waals surface area contributed by atoms with Crippen molar-refractivity contribution in [3.8, 4) is 0 Å². The van der Waals surface area contributed by atoms with Crippen LogP contribution in [-0.2, 0) is 14.3 Å². The summed E-state index contributed by atoms with van der Waals surface area (Å²) in [4.78, 5) is 27.3. The highest BCUT2D eigenvalue weighted by atomic mass is 16.6. The Balaban J connectivity index is 2.69. The van der Waals surface area contributed by atoms with Gasteiger partial charge in [0.15, 0.2) is 0 Å². The van der Waals surface area contributed by atoms with E-state index < -0.39 is 11.7 Å². The van der Waals surface area contributed by atoms with Gasteiger partial charge in [0.05, 0.1) is 13.0 Å². The monoisotopic (exact) mass is 308 g/mol. The van der Waals surface area contributed by atoms with Crippen LogP contribution in [0.1, 0.15) is 52.5 Å². The van der Waals surface area contributed by atoms with Gasteiger partial charge in [-0.3, -0.25) is 10.1 Å². The number of esters is 1. The fourth-order valence-corrected chi connectivity index (χ4v) is 1.82. The lowest BCUT2D eigenvalue weighted by Gasteiger charge is -2.19. The first-order chi connectivity index (χ1) is 10.2. The van der Waals surface area contributed by atoms with E-state index in [2.05, 4.69) is 10.3 Å². The van der Waals surface area contributed by atoms with Crippen molar-refractivity contribution < 1.29 is 19.1 Å². The Kier molecular flexibility index (Phi) is 6.34. The van der Waals surface area contributed by atoms with Crippen molar-refractivity contribution in [3.63, 3.8) is 0 Å². The van der Waals surface area contributed by atoms with Gasteiger partial charge in [-0.15, -0.1) is 0 Å². The Hall–Kier alpha value is -2.11. The van der Waals surface area contributed by atoms with Gasteiger partial charge < -0.3 is 9.47 Å². The molecule has 0 bridgehead atoms. The second-order valence-corrected chi connectivity index (χ2v) is 6.01. The fraction of sp³-hybridized carbons (Fsp3) is 0.562. The molecule has 1 N–H and O–H groups in total. The molecule has 0 radical (unpaired) electrons. The van der Waals surface area contributed by atoms with Crippen molar-refractivity contribution in [1.82, 2.24) is 4.98 Å².